The van der Waals surface area contributed by atoms with Crippen molar-refractivity contribution in [3.8, 4) is 17.2 Å². The van der Waals surface area contributed by atoms with Crippen molar-refractivity contribution in [2.45, 2.75) is 13.8 Å². The molecule has 0 spiro atoms. The van der Waals surface area contributed by atoms with Gasteiger partial charge in [0.2, 0.25) is 0 Å². The van der Waals surface area contributed by atoms with E-state index in [1.807, 2.05) is 0 Å². The number of hydrogen-bond acceptors (Lipinski definition) is 5. The fourth-order valence-electron chi connectivity index (χ4n) is 0.989. The lowest BCUT2D eigenvalue weighted by atomic mass is 10.3. The standard InChI is InChI=1S/C12H12O5/c1-7(2)12(15)17-9-4-5-10(14)11(6-9)16-8(3)13/h4-6,14H,1H2,2-3H3. The maximum Gasteiger partial charge on any atom is 0.338 e. The molecule has 17 heavy (non-hydrogen) atoms. The summed E-state index contributed by atoms with van der Waals surface area (Å²) in [7, 11) is 0. The predicted octanol–water partition coefficient (Wildman–Crippen LogP) is 1.80. The largest absolute Gasteiger partial charge is 0.504 e. The molecule has 1 N–H and O–H groups in total. The molecule has 0 bridgehead atoms. The van der Waals surface area contributed by atoms with E-state index >= 15 is 0 Å². The van der Waals surface area contributed by atoms with E-state index in [-0.39, 0.29) is 22.8 Å². The van der Waals surface area contributed by atoms with Crippen LogP contribution in [0.25, 0.3) is 0 Å². The van der Waals surface area contributed by atoms with Crippen LogP contribution in [0.5, 0.6) is 17.2 Å². The Labute approximate surface area is 98.3 Å². The van der Waals surface area contributed by atoms with Crippen molar-refractivity contribution in [3.05, 3.63) is 30.4 Å². The van der Waals surface area contributed by atoms with Gasteiger partial charge in [-0.25, -0.2) is 4.79 Å². The number of ether oxygens (including phenoxy) is 2. The smallest absolute Gasteiger partial charge is 0.338 e. The summed E-state index contributed by atoms with van der Waals surface area (Å²) in [6, 6.07) is 3.89. The van der Waals surface area contributed by atoms with Gasteiger partial charge in [-0.15, -0.1) is 0 Å². The van der Waals surface area contributed by atoms with E-state index in [0.29, 0.717) is 0 Å². The molecule has 0 fully saturated rings. The molecule has 0 aliphatic carbocycles. The lowest BCUT2D eigenvalue weighted by molar-refractivity contribution is -0.132. The van der Waals surface area contributed by atoms with Crippen LogP contribution in [-0.4, -0.2) is 17.0 Å². The second-order valence-electron chi connectivity index (χ2n) is 3.39. The van der Waals surface area contributed by atoms with E-state index in [4.69, 9.17) is 9.47 Å². The van der Waals surface area contributed by atoms with E-state index in [1.165, 1.54) is 32.0 Å². The summed E-state index contributed by atoms with van der Waals surface area (Å²) >= 11 is 0. The van der Waals surface area contributed by atoms with Crippen LogP contribution < -0.4 is 9.47 Å². The van der Waals surface area contributed by atoms with E-state index < -0.39 is 11.9 Å². The fraction of sp³-hybridized carbons (Fsp3) is 0.167. The monoisotopic (exact) mass is 236 g/mol. The summed E-state index contributed by atoms with van der Waals surface area (Å²) < 4.78 is 9.64. The Hall–Kier alpha value is -2.30. The van der Waals surface area contributed by atoms with Gasteiger partial charge in [0.1, 0.15) is 5.75 Å². The van der Waals surface area contributed by atoms with Gasteiger partial charge in [0.15, 0.2) is 11.5 Å². The first-order valence-electron chi connectivity index (χ1n) is 4.79. The van der Waals surface area contributed by atoms with Gasteiger partial charge in [-0.05, 0) is 19.1 Å². The van der Waals surface area contributed by atoms with E-state index in [2.05, 4.69) is 6.58 Å². The zero-order valence-electron chi connectivity index (χ0n) is 9.52. The molecule has 0 unspecified atom stereocenters. The number of carbonyl (C=O) groups excluding carboxylic acids is 2. The summed E-state index contributed by atoms with van der Waals surface area (Å²) in [5.41, 5.74) is 0.243. The average Bonchev–Trinajstić information content (AvgIpc) is 2.22. The van der Waals surface area contributed by atoms with Gasteiger partial charge in [-0.2, -0.15) is 0 Å². The van der Waals surface area contributed by atoms with Gasteiger partial charge >= 0.3 is 11.9 Å². The number of aromatic hydroxyl groups is 1. The molecule has 0 radical (unpaired) electrons. The van der Waals surface area contributed by atoms with Crippen LogP contribution in [0.1, 0.15) is 13.8 Å². The Kier molecular flexibility index (Phi) is 3.87. The van der Waals surface area contributed by atoms with Gasteiger partial charge in [-0.1, -0.05) is 6.58 Å². The minimum Gasteiger partial charge on any atom is -0.504 e. The molecule has 0 aromatic heterocycles. The van der Waals surface area contributed by atoms with Gasteiger partial charge in [0, 0.05) is 18.6 Å². The zero-order chi connectivity index (χ0) is 13.0. The summed E-state index contributed by atoms with van der Waals surface area (Å²) in [6.45, 7) is 6.14. The normalized spacial score (nSPS) is 9.53. The highest BCUT2D eigenvalue weighted by molar-refractivity contribution is 5.88. The molecule has 90 valence electrons. The average molecular weight is 236 g/mol. The van der Waals surface area contributed by atoms with Crippen LogP contribution >= 0.6 is 0 Å². The van der Waals surface area contributed by atoms with Crippen molar-refractivity contribution in [1.82, 2.24) is 0 Å². The van der Waals surface area contributed by atoms with Gasteiger partial charge in [0.25, 0.3) is 0 Å². The molecule has 5 heteroatoms. The maximum absolute atomic E-state index is 11.2. The number of rotatable bonds is 3. The maximum atomic E-state index is 11.2. The number of carbonyl (C=O) groups is 2. The first-order valence-corrected chi connectivity index (χ1v) is 4.79. The number of hydrogen-bond donors (Lipinski definition) is 1. The van der Waals surface area contributed by atoms with Crippen molar-refractivity contribution in [3.63, 3.8) is 0 Å². The molecule has 1 aromatic rings. The highest BCUT2D eigenvalue weighted by atomic mass is 16.5. The number of esters is 2. The van der Waals surface area contributed by atoms with Crippen LogP contribution in [-0.2, 0) is 9.59 Å². The summed E-state index contributed by atoms with van der Waals surface area (Å²) in [6.07, 6.45) is 0. The molecule has 0 aliphatic heterocycles. The molecule has 0 atom stereocenters. The lowest BCUT2D eigenvalue weighted by Crippen LogP contribution is -2.08. The molecular formula is C12H12O5. The molecule has 0 amide bonds. The lowest BCUT2D eigenvalue weighted by Gasteiger charge is -2.07. The molecular weight excluding hydrogens is 224 g/mol. The van der Waals surface area contributed by atoms with Crippen molar-refractivity contribution >= 4 is 11.9 Å². The van der Waals surface area contributed by atoms with Crippen molar-refractivity contribution in [2.75, 3.05) is 0 Å². The number of phenols is 1. The second kappa shape index (κ2) is 5.16. The first kappa shape index (κ1) is 12.8. The van der Waals surface area contributed by atoms with Crippen LogP contribution in [0.3, 0.4) is 0 Å². The third-order valence-corrected chi connectivity index (χ3v) is 1.74. The molecule has 0 saturated heterocycles. The molecule has 1 rings (SSSR count). The van der Waals surface area contributed by atoms with Crippen molar-refractivity contribution < 1.29 is 24.2 Å². The predicted molar refractivity (Wildman–Crippen MR) is 59.9 cm³/mol. The Bertz CT molecular complexity index is 476. The summed E-state index contributed by atoms with van der Waals surface area (Å²) in [5.74, 6) is -1.29. The molecule has 0 heterocycles. The van der Waals surface area contributed by atoms with E-state index in [0.717, 1.165) is 0 Å². The van der Waals surface area contributed by atoms with Gasteiger partial charge < -0.3 is 14.6 Å². The molecule has 0 saturated carbocycles. The van der Waals surface area contributed by atoms with Crippen LogP contribution in [0.15, 0.2) is 30.4 Å². The summed E-state index contributed by atoms with van der Waals surface area (Å²) in [4.78, 5) is 22.0. The van der Waals surface area contributed by atoms with E-state index in [9.17, 15) is 14.7 Å². The van der Waals surface area contributed by atoms with Crippen LogP contribution in [0, 0.1) is 0 Å². The third kappa shape index (κ3) is 3.64. The summed E-state index contributed by atoms with van der Waals surface area (Å²) in [5, 5.41) is 9.39. The van der Waals surface area contributed by atoms with Gasteiger partial charge in [0.05, 0.1) is 0 Å². The minimum absolute atomic E-state index is 0.0653. The Balaban J connectivity index is 2.92. The highest BCUT2D eigenvalue weighted by Gasteiger charge is 2.10. The van der Waals surface area contributed by atoms with E-state index in [1.54, 1.807) is 0 Å². The Morgan fingerprint density at radius 2 is 1.88 bits per heavy atom. The number of phenolic OH excluding ortho intramolecular Hbond substituents is 1. The number of benzene rings is 1. The van der Waals surface area contributed by atoms with Crippen molar-refractivity contribution in [2.24, 2.45) is 0 Å². The fourth-order valence-corrected chi connectivity index (χ4v) is 0.989. The molecule has 0 aliphatic rings. The van der Waals surface area contributed by atoms with Gasteiger partial charge in [-0.3, -0.25) is 4.79 Å². The quantitative estimate of drug-likeness (QED) is 0.492. The Morgan fingerprint density at radius 1 is 1.24 bits per heavy atom. The van der Waals surface area contributed by atoms with Crippen LogP contribution in [0.2, 0.25) is 0 Å². The minimum atomic E-state index is -0.593. The Morgan fingerprint density at radius 3 is 2.41 bits per heavy atom. The highest BCUT2D eigenvalue weighted by Crippen LogP contribution is 2.30. The SMILES string of the molecule is C=C(C)C(=O)Oc1ccc(O)c(OC(C)=O)c1. The third-order valence-electron chi connectivity index (χ3n) is 1.74. The topological polar surface area (TPSA) is 72.8 Å². The first-order chi connectivity index (χ1) is 7.90. The second-order valence-corrected chi connectivity index (χ2v) is 3.39. The van der Waals surface area contributed by atoms with Crippen molar-refractivity contribution in [1.29, 1.82) is 0 Å². The van der Waals surface area contributed by atoms with Crippen LogP contribution in [0.4, 0.5) is 0 Å². The zero-order valence-corrected chi connectivity index (χ0v) is 9.52. The molecule has 1 aromatic carbocycles. The molecule has 5 nitrogen and oxygen atoms in total.